The third-order valence-corrected chi connectivity index (χ3v) is 4.11. The van der Waals surface area contributed by atoms with E-state index in [1.54, 1.807) is 0 Å². The molecule has 1 radical (unpaired) electrons. The Morgan fingerprint density at radius 1 is 1.17 bits per heavy atom. The van der Waals surface area contributed by atoms with Crippen LogP contribution in [0.25, 0.3) is 0 Å². The van der Waals surface area contributed by atoms with E-state index in [-0.39, 0.29) is 0 Å². The van der Waals surface area contributed by atoms with Crippen LogP contribution in [0.3, 0.4) is 0 Å². The Morgan fingerprint density at radius 3 is 2.42 bits per heavy atom. The van der Waals surface area contributed by atoms with Gasteiger partial charge in [0.15, 0.2) is 0 Å². The average Bonchev–Trinajstić information content (AvgIpc) is 2.05. The molecule has 0 saturated carbocycles. The number of hydrogen-bond acceptors (Lipinski definition) is 1. The van der Waals surface area contributed by atoms with Crippen LogP contribution in [0.1, 0.15) is 5.56 Å². The van der Waals surface area contributed by atoms with Crippen molar-refractivity contribution in [3.63, 3.8) is 0 Å². The molecule has 0 bridgehead atoms. The Bertz CT molecular complexity index is 216. The first kappa shape index (κ1) is 10.6. The van der Waals surface area contributed by atoms with E-state index in [0.717, 1.165) is 6.42 Å². The van der Waals surface area contributed by atoms with Crippen LogP contribution >= 0.6 is 17.8 Å². The zero-order chi connectivity index (χ0) is 8.81. The Morgan fingerprint density at radius 2 is 1.83 bits per heavy atom. The summed E-state index contributed by atoms with van der Waals surface area (Å²) in [4.78, 5) is 0. The summed E-state index contributed by atoms with van der Waals surface area (Å²) in [5, 5.41) is 0. The van der Waals surface area contributed by atoms with Crippen LogP contribution in [-0.2, 0) is 9.49 Å². The first-order valence-corrected chi connectivity index (χ1v) is 12.0. The maximum atomic E-state index is 5.58. The Hall–Kier alpha value is 0.559. The number of benzene rings is 1. The van der Waals surface area contributed by atoms with Crippen LogP contribution in [0.2, 0.25) is 0 Å². The van der Waals surface area contributed by atoms with Gasteiger partial charge in [0.1, 0.15) is 0 Å². The zero-order valence-electron chi connectivity index (χ0n) is 6.47. The van der Waals surface area contributed by atoms with Gasteiger partial charge < -0.3 is 0 Å². The molecule has 0 aromatic heterocycles. The van der Waals surface area contributed by atoms with Crippen LogP contribution in [0, 0.1) is 0 Å². The number of hydrogen-bond donors (Lipinski definition) is 0. The van der Waals surface area contributed by atoms with Gasteiger partial charge in [-0.2, -0.15) is 0 Å². The second kappa shape index (κ2) is 6.08. The van der Waals surface area contributed by atoms with E-state index in [4.69, 9.17) is 20.9 Å². The molecule has 0 spiro atoms. The standard InChI is InChI=1S/C8H9O.2ClH.Sn/c9-7-6-8-4-2-1-3-5-8;;;/h1-5H,6-7H2;2*1H;/q-1;;;+3/p-2. The van der Waals surface area contributed by atoms with E-state index < -0.39 is 17.9 Å². The third kappa shape index (κ3) is 4.55. The van der Waals surface area contributed by atoms with Crippen molar-refractivity contribution in [1.82, 2.24) is 0 Å². The molecule has 65 valence electrons. The van der Waals surface area contributed by atoms with Crippen LogP contribution in [0.15, 0.2) is 30.3 Å². The summed E-state index contributed by atoms with van der Waals surface area (Å²) >= 11 is -2.35. The SMILES string of the molecule is [Cl][Sn]([Cl])[O]CCc1ccccc1. The van der Waals surface area contributed by atoms with Gasteiger partial charge in [-0.05, 0) is 0 Å². The summed E-state index contributed by atoms with van der Waals surface area (Å²) in [6.07, 6.45) is 0.893. The predicted molar refractivity (Wildman–Crippen MR) is 53.6 cm³/mol. The minimum atomic E-state index is -2.35. The molecule has 12 heavy (non-hydrogen) atoms. The van der Waals surface area contributed by atoms with Gasteiger partial charge in [0.2, 0.25) is 0 Å². The van der Waals surface area contributed by atoms with Crippen molar-refractivity contribution in [3.05, 3.63) is 35.9 Å². The van der Waals surface area contributed by atoms with Gasteiger partial charge in [-0.3, -0.25) is 0 Å². The second-order valence-electron chi connectivity index (χ2n) is 2.31. The summed E-state index contributed by atoms with van der Waals surface area (Å²) in [5.74, 6) is 0. The van der Waals surface area contributed by atoms with E-state index in [2.05, 4.69) is 12.1 Å². The fraction of sp³-hybridized carbons (Fsp3) is 0.250. The summed E-state index contributed by atoms with van der Waals surface area (Å²) in [6, 6.07) is 10.1. The first-order chi connectivity index (χ1) is 5.79. The van der Waals surface area contributed by atoms with Crippen molar-refractivity contribution >= 4 is 35.8 Å². The van der Waals surface area contributed by atoms with Crippen molar-refractivity contribution in [3.8, 4) is 0 Å². The van der Waals surface area contributed by atoms with Gasteiger partial charge in [0, 0.05) is 0 Å². The topological polar surface area (TPSA) is 9.23 Å². The molecule has 0 saturated heterocycles. The number of halogens is 2. The molecule has 0 amide bonds. The van der Waals surface area contributed by atoms with Crippen molar-refractivity contribution in [1.29, 1.82) is 0 Å². The van der Waals surface area contributed by atoms with Crippen molar-refractivity contribution in [2.45, 2.75) is 6.42 Å². The van der Waals surface area contributed by atoms with Crippen molar-refractivity contribution in [2.24, 2.45) is 0 Å². The first-order valence-electron chi connectivity index (χ1n) is 3.64. The van der Waals surface area contributed by atoms with E-state index >= 15 is 0 Å². The van der Waals surface area contributed by atoms with Crippen LogP contribution in [-0.4, -0.2) is 24.5 Å². The average molecular weight is 311 g/mol. The third-order valence-electron chi connectivity index (χ3n) is 1.44. The quantitative estimate of drug-likeness (QED) is 0.777. The van der Waals surface area contributed by atoms with Crippen molar-refractivity contribution < 1.29 is 3.07 Å². The molecule has 1 nitrogen and oxygen atoms in total. The Labute approximate surface area is 87.3 Å². The molecule has 1 aromatic carbocycles. The Kier molecular flexibility index (Phi) is 5.39. The molecular weight excluding hydrogens is 302 g/mol. The van der Waals surface area contributed by atoms with E-state index in [1.165, 1.54) is 5.56 Å². The van der Waals surface area contributed by atoms with Crippen LogP contribution in [0.4, 0.5) is 0 Å². The number of rotatable bonds is 4. The fourth-order valence-corrected chi connectivity index (χ4v) is 2.66. The molecule has 4 heteroatoms. The van der Waals surface area contributed by atoms with Gasteiger partial charge in [0.05, 0.1) is 0 Å². The molecule has 1 rings (SSSR count). The van der Waals surface area contributed by atoms with E-state index in [1.807, 2.05) is 18.2 Å². The van der Waals surface area contributed by atoms with E-state index in [0.29, 0.717) is 6.61 Å². The van der Waals surface area contributed by atoms with Gasteiger partial charge in [-0.15, -0.1) is 0 Å². The summed E-state index contributed by atoms with van der Waals surface area (Å²) in [5.41, 5.74) is 1.26. The Balaban J connectivity index is 2.25. The molecule has 0 unspecified atom stereocenters. The van der Waals surface area contributed by atoms with Gasteiger partial charge in [-0.25, -0.2) is 0 Å². The van der Waals surface area contributed by atoms with Gasteiger partial charge in [0.25, 0.3) is 0 Å². The molecule has 1 aromatic rings. The van der Waals surface area contributed by atoms with Crippen LogP contribution in [0.5, 0.6) is 0 Å². The maximum absolute atomic E-state index is 5.58. The second-order valence-corrected chi connectivity index (χ2v) is 10.3. The molecular formula is C8H9Cl2OSn. The van der Waals surface area contributed by atoms with Crippen molar-refractivity contribution in [2.75, 3.05) is 6.61 Å². The van der Waals surface area contributed by atoms with E-state index in [9.17, 15) is 0 Å². The van der Waals surface area contributed by atoms with Crippen LogP contribution < -0.4 is 0 Å². The molecule has 0 atom stereocenters. The molecule has 0 aliphatic carbocycles. The predicted octanol–water partition coefficient (Wildman–Crippen LogP) is 2.71. The molecule has 0 fully saturated rings. The summed E-state index contributed by atoms with van der Waals surface area (Å²) in [6.45, 7) is 0.645. The molecule has 0 aliphatic rings. The van der Waals surface area contributed by atoms with Gasteiger partial charge in [-0.1, -0.05) is 0 Å². The molecule has 0 aliphatic heterocycles. The monoisotopic (exact) mass is 311 g/mol. The fourth-order valence-electron chi connectivity index (χ4n) is 0.891. The van der Waals surface area contributed by atoms with Gasteiger partial charge >= 0.3 is 87.8 Å². The summed E-state index contributed by atoms with van der Waals surface area (Å²) in [7, 11) is 11.2. The summed E-state index contributed by atoms with van der Waals surface area (Å²) < 4.78 is 5.17. The normalized spacial score (nSPS) is 10.6. The zero-order valence-corrected chi connectivity index (χ0v) is 10.8. The minimum absolute atomic E-state index is 0.645. The molecule has 0 heterocycles. The molecule has 0 N–H and O–H groups in total.